The summed E-state index contributed by atoms with van der Waals surface area (Å²) >= 11 is 1.71. The van der Waals surface area contributed by atoms with E-state index in [0.29, 0.717) is 5.96 Å². The van der Waals surface area contributed by atoms with E-state index in [-0.39, 0.29) is 24.8 Å². The second-order valence-corrected chi connectivity index (χ2v) is 3.70. The van der Waals surface area contributed by atoms with Crippen molar-refractivity contribution in [2.24, 2.45) is 4.99 Å². The molecule has 1 aromatic heterocycles. The van der Waals surface area contributed by atoms with Crippen LogP contribution in [-0.2, 0) is 5.75 Å². The smallest absolute Gasteiger partial charge is 0.215 e. The highest BCUT2D eigenvalue weighted by Gasteiger charge is 1.96. The van der Waals surface area contributed by atoms with Crippen LogP contribution in [0.2, 0.25) is 0 Å². The van der Waals surface area contributed by atoms with Gasteiger partial charge >= 0.3 is 0 Å². The van der Waals surface area contributed by atoms with Gasteiger partial charge in [-0.3, -0.25) is 15.3 Å². The summed E-state index contributed by atoms with van der Waals surface area (Å²) in [5.74, 6) is 2.92. The number of nitrogens with zero attached hydrogens (tertiary/aromatic N) is 3. The number of H-pyrrole nitrogens is 1. The van der Waals surface area contributed by atoms with E-state index < -0.39 is 0 Å². The molecule has 1 aromatic rings. The van der Waals surface area contributed by atoms with E-state index in [9.17, 15) is 0 Å². The van der Waals surface area contributed by atoms with E-state index in [0.717, 1.165) is 23.9 Å². The molecule has 0 saturated carbocycles. The van der Waals surface area contributed by atoms with Crippen molar-refractivity contribution in [2.45, 2.75) is 5.75 Å². The fourth-order valence-electron chi connectivity index (χ4n) is 0.879. The number of aromatic amines is 1. The maximum absolute atomic E-state index is 8.56. The number of aliphatic imine (C=N–C) groups is 1. The standard InChI is InChI=1S/C7H14N6OS.2ClH/c1-8-7(13-14)9-2-3-15-4-6-10-5-11-12-6;;/h5,14H,2-4H2,1H3,(H2,8,9,13)(H,10,11,12);2*1H. The number of thioether (sulfide) groups is 1. The van der Waals surface area contributed by atoms with Gasteiger partial charge in [-0.2, -0.15) is 16.9 Å². The van der Waals surface area contributed by atoms with Crippen molar-refractivity contribution >= 4 is 42.5 Å². The number of hydrogen-bond donors (Lipinski definition) is 4. The number of hydroxylamine groups is 1. The minimum atomic E-state index is 0. The molecule has 7 nitrogen and oxygen atoms in total. The summed E-state index contributed by atoms with van der Waals surface area (Å²) < 4.78 is 0. The Morgan fingerprint density at radius 2 is 2.35 bits per heavy atom. The van der Waals surface area contributed by atoms with Crippen molar-refractivity contribution in [1.82, 2.24) is 26.0 Å². The molecular formula is C7H16Cl2N6OS. The number of hydrogen-bond acceptors (Lipinski definition) is 5. The van der Waals surface area contributed by atoms with Gasteiger partial charge in [-0.05, 0) is 0 Å². The van der Waals surface area contributed by atoms with Crippen molar-refractivity contribution in [3.63, 3.8) is 0 Å². The maximum atomic E-state index is 8.56. The van der Waals surface area contributed by atoms with E-state index in [4.69, 9.17) is 5.21 Å². The molecule has 0 saturated heterocycles. The third kappa shape index (κ3) is 8.08. The van der Waals surface area contributed by atoms with E-state index in [1.54, 1.807) is 18.8 Å². The van der Waals surface area contributed by atoms with Crippen LogP contribution in [0.1, 0.15) is 5.82 Å². The van der Waals surface area contributed by atoms with Gasteiger partial charge in [0.2, 0.25) is 5.96 Å². The first kappa shape index (κ1) is 18.7. The quantitative estimate of drug-likeness (QED) is 0.273. The molecule has 0 fully saturated rings. The van der Waals surface area contributed by atoms with Crippen LogP contribution in [0.4, 0.5) is 0 Å². The van der Waals surface area contributed by atoms with Crippen molar-refractivity contribution in [3.05, 3.63) is 12.2 Å². The maximum Gasteiger partial charge on any atom is 0.215 e. The van der Waals surface area contributed by atoms with E-state index in [1.807, 2.05) is 5.48 Å². The van der Waals surface area contributed by atoms with Crippen LogP contribution in [0.15, 0.2) is 11.3 Å². The largest absolute Gasteiger partial charge is 0.354 e. The molecule has 0 unspecified atom stereocenters. The highest BCUT2D eigenvalue weighted by molar-refractivity contribution is 7.98. The molecule has 1 heterocycles. The highest BCUT2D eigenvalue weighted by atomic mass is 35.5. The Labute approximate surface area is 116 Å². The van der Waals surface area contributed by atoms with Crippen LogP contribution >= 0.6 is 36.6 Å². The first-order valence-corrected chi connectivity index (χ1v) is 5.55. The van der Waals surface area contributed by atoms with Gasteiger partial charge in [0, 0.05) is 19.3 Å². The van der Waals surface area contributed by atoms with Crippen molar-refractivity contribution in [2.75, 3.05) is 19.3 Å². The highest BCUT2D eigenvalue weighted by Crippen LogP contribution is 2.05. The predicted octanol–water partition coefficient (Wildman–Crippen LogP) is 0.436. The summed E-state index contributed by atoms with van der Waals surface area (Å²) in [5.41, 5.74) is 1.96. The lowest BCUT2D eigenvalue weighted by Gasteiger charge is -2.06. The van der Waals surface area contributed by atoms with Gasteiger partial charge in [-0.1, -0.05) is 0 Å². The Hall–Kier alpha value is -0.700. The van der Waals surface area contributed by atoms with Crippen LogP contribution in [-0.4, -0.2) is 45.7 Å². The fraction of sp³-hybridized carbons (Fsp3) is 0.571. The molecule has 0 aromatic carbocycles. The van der Waals surface area contributed by atoms with Crippen LogP contribution < -0.4 is 10.8 Å². The Morgan fingerprint density at radius 1 is 1.59 bits per heavy atom. The zero-order chi connectivity index (χ0) is 10.9. The Balaban J connectivity index is 0. The van der Waals surface area contributed by atoms with Crippen molar-refractivity contribution in [1.29, 1.82) is 0 Å². The fourth-order valence-corrected chi connectivity index (χ4v) is 1.60. The van der Waals surface area contributed by atoms with Gasteiger partial charge in [0.1, 0.15) is 12.2 Å². The van der Waals surface area contributed by atoms with Gasteiger partial charge in [0.15, 0.2) is 0 Å². The SMILES string of the molecule is CN=C(NO)NCCSCc1ncn[nH]1.Cl.Cl. The van der Waals surface area contributed by atoms with E-state index >= 15 is 0 Å². The Bertz CT molecular complexity index is 297. The van der Waals surface area contributed by atoms with Crippen LogP contribution in [0.25, 0.3) is 0 Å². The van der Waals surface area contributed by atoms with E-state index in [1.165, 1.54) is 6.33 Å². The van der Waals surface area contributed by atoms with Crippen LogP contribution in [0, 0.1) is 0 Å². The molecule has 0 aliphatic rings. The van der Waals surface area contributed by atoms with Gasteiger partial charge in [0.05, 0.1) is 5.75 Å². The van der Waals surface area contributed by atoms with Crippen LogP contribution in [0.3, 0.4) is 0 Å². The second kappa shape index (κ2) is 11.8. The molecule has 0 aliphatic carbocycles. The average molecular weight is 303 g/mol. The molecule has 0 radical (unpaired) electrons. The normalized spacial score (nSPS) is 10.1. The number of guanidine groups is 1. The number of rotatable bonds is 5. The third-order valence-electron chi connectivity index (χ3n) is 1.57. The monoisotopic (exact) mass is 302 g/mol. The molecule has 0 aliphatic heterocycles. The minimum absolute atomic E-state index is 0. The molecule has 4 N–H and O–H groups in total. The topological polar surface area (TPSA) is 98.2 Å². The molecular weight excluding hydrogens is 287 g/mol. The zero-order valence-electron chi connectivity index (χ0n) is 9.21. The molecule has 10 heteroatoms. The first-order valence-electron chi connectivity index (χ1n) is 4.39. The summed E-state index contributed by atoms with van der Waals surface area (Å²) in [7, 11) is 1.59. The predicted molar refractivity (Wildman–Crippen MR) is 73.3 cm³/mol. The molecule has 0 spiro atoms. The lowest BCUT2D eigenvalue weighted by atomic mass is 10.7. The molecule has 100 valence electrons. The molecule has 0 bridgehead atoms. The van der Waals surface area contributed by atoms with Gasteiger partial charge in [-0.25, -0.2) is 10.5 Å². The lowest BCUT2D eigenvalue weighted by molar-refractivity contribution is 0.229. The molecule has 0 amide bonds. The van der Waals surface area contributed by atoms with E-state index in [2.05, 4.69) is 25.5 Å². The summed E-state index contributed by atoms with van der Waals surface area (Å²) in [5, 5.41) is 18.0. The van der Waals surface area contributed by atoms with Crippen molar-refractivity contribution < 1.29 is 5.21 Å². The summed E-state index contributed by atoms with van der Waals surface area (Å²) in [6, 6.07) is 0. The zero-order valence-corrected chi connectivity index (χ0v) is 11.7. The van der Waals surface area contributed by atoms with Crippen molar-refractivity contribution in [3.8, 4) is 0 Å². The van der Waals surface area contributed by atoms with Gasteiger partial charge in [0.25, 0.3) is 0 Å². The second-order valence-electron chi connectivity index (χ2n) is 2.60. The summed E-state index contributed by atoms with van der Waals surface area (Å²) in [4.78, 5) is 7.76. The number of halogens is 2. The average Bonchev–Trinajstić information content (AvgIpc) is 2.76. The first-order chi connectivity index (χ1) is 7.36. The van der Waals surface area contributed by atoms with Crippen LogP contribution in [0.5, 0.6) is 0 Å². The third-order valence-corrected chi connectivity index (χ3v) is 2.54. The summed E-state index contributed by atoms with van der Waals surface area (Å²) in [6.45, 7) is 0.721. The number of aromatic nitrogens is 3. The molecule has 1 rings (SSSR count). The van der Waals surface area contributed by atoms with Gasteiger partial charge < -0.3 is 5.32 Å². The minimum Gasteiger partial charge on any atom is -0.354 e. The lowest BCUT2D eigenvalue weighted by Crippen LogP contribution is -2.36. The Morgan fingerprint density at radius 3 is 2.88 bits per heavy atom. The molecule has 0 atom stereocenters. The molecule has 17 heavy (non-hydrogen) atoms. The Kier molecular flexibility index (Phi) is 12.9. The summed E-state index contributed by atoms with van der Waals surface area (Å²) in [6.07, 6.45) is 1.49. The number of nitrogens with one attached hydrogen (secondary N) is 3. The van der Waals surface area contributed by atoms with Gasteiger partial charge in [-0.15, -0.1) is 24.8 Å².